The highest BCUT2D eigenvalue weighted by Crippen LogP contribution is 2.19. The van der Waals surface area contributed by atoms with E-state index >= 15 is 0 Å². The molecule has 1 aliphatic heterocycles. The molecule has 0 radical (unpaired) electrons. The molecule has 1 fully saturated rings. The largest absolute Gasteiger partial charge is 0.384 e. The third-order valence-corrected chi connectivity index (χ3v) is 4.82. The molecule has 0 saturated carbocycles. The molecule has 18 heavy (non-hydrogen) atoms. The number of sulfone groups is 1. The second kappa shape index (κ2) is 4.56. The number of aromatic nitrogens is 1. The van der Waals surface area contributed by atoms with Crippen LogP contribution < -0.4 is 10.6 Å². The van der Waals surface area contributed by atoms with Crippen molar-refractivity contribution >= 4 is 21.5 Å². The van der Waals surface area contributed by atoms with Gasteiger partial charge in [-0.25, -0.2) is 13.4 Å². The van der Waals surface area contributed by atoms with Gasteiger partial charge in [-0.05, 0) is 19.1 Å². The van der Waals surface area contributed by atoms with Gasteiger partial charge in [0, 0.05) is 24.3 Å². The van der Waals surface area contributed by atoms with Crippen molar-refractivity contribution in [3.8, 4) is 0 Å². The van der Waals surface area contributed by atoms with E-state index in [9.17, 15) is 8.42 Å². The predicted octanol–water partition coefficient (Wildman–Crippen LogP) is -0.0110. The summed E-state index contributed by atoms with van der Waals surface area (Å²) in [5.74, 6) is 1.02. The monoisotopic (exact) mass is 268 g/mol. The number of nitrogen functional groups attached to an aromatic ring is 1. The van der Waals surface area contributed by atoms with E-state index in [4.69, 9.17) is 11.1 Å². The molecule has 6 nitrogen and oxygen atoms in total. The van der Waals surface area contributed by atoms with E-state index in [0.717, 1.165) is 5.82 Å². The molecule has 1 aromatic heterocycles. The van der Waals surface area contributed by atoms with Gasteiger partial charge in [-0.2, -0.15) is 0 Å². The third kappa shape index (κ3) is 2.61. The summed E-state index contributed by atoms with van der Waals surface area (Å²) in [5, 5.41) is 7.29. The third-order valence-electron chi connectivity index (χ3n) is 3.02. The number of nitrogens with zero attached hydrogens (tertiary/aromatic N) is 2. The number of rotatable bonds is 2. The number of amidine groups is 1. The van der Waals surface area contributed by atoms with E-state index in [0.29, 0.717) is 12.1 Å². The van der Waals surface area contributed by atoms with Crippen LogP contribution in [0.15, 0.2) is 18.3 Å². The lowest BCUT2D eigenvalue weighted by molar-refractivity contribution is 0.567. The second-order valence-electron chi connectivity index (χ2n) is 4.48. The number of anilines is 1. The van der Waals surface area contributed by atoms with E-state index in [1.807, 2.05) is 11.8 Å². The average Bonchev–Trinajstić information content (AvgIpc) is 2.28. The van der Waals surface area contributed by atoms with Crippen molar-refractivity contribution in [2.24, 2.45) is 5.73 Å². The minimum absolute atomic E-state index is 0.0247. The molecule has 7 heteroatoms. The SMILES string of the molecule is CC1CS(=O)(=O)CCN1c1ccc(C(=N)N)cn1. The second-order valence-corrected chi connectivity index (χ2v) is 6.70. The van der Waals surface area contributed by atoms with Gasteiger partial charge in [0.2, 0.25) is 0 Å². The number of nitrogens with one attached hydrogen (secondary N) is 1. The molecule has 0 bridgehead atoms. The van der Waals surface area contributed by atoms with Crippen LogP contribution in [-0.4, -0.2) is 43.3 Å². The fourth-order valence-electron chi connectivity index (χ4n) is 2.05. The van der Waals surface area contributed by atoms with Gasteiger partial charge in [0.15, 0.2) is 9.84 Å². The molecule has 98 valence electrons. The Kier molecular flexibility index (Phi) is 3.25. The summed E-state index contributed by atoms with van der Waals surface area (Å²) in [4.78, 5) is 6.20. The van der Waals surface area contributed by atoms with Crippen LogP contribution in [0.5, 0.6) is 0 Å². The maximum absolute atomic E-state index is 11.5. The van der Waals surface area contributed by atoms with E-state index in [-0.39, 0.29) is 23.4 Å². The summed E-state index contributed by atoms with van der Waals surface area (Å²) in [6.45, 7) is 2.33. The van der Waals surface area contributed by atoms with Crippen LogP contribution in [0.1, 0.15) is 12.5 Å². The van der Waals surface area contributed by atoms with E-state index in [1.54, 1.807) is 12.1 Å². The van der Waals surface area contributed by atoms with E-state index in [2.05, 4.69) is 4.98 Å². The van der Waals surface area contributed by atoms with Gasteiger partial charge < -0.3 is 10.6 Å². The molecule has 3 N–H and O–H groups in total. The maximum Gasteiger partial charge on any atom is 0.154 e. The first-order valence-electron chi connectivity index (χ1n) is 5.66. The summed E-state index contributed by atoms with van der Waals surface area (Å²) in [6, 6.07) is 3.41. The molecule has 1 aromatic rings. The quantitative estimate of drug-likeness (QED) is 0.580. The smallest absolute Gasteiger partial charge is 0.154 e. The highest BCUT2D eigenvalue weighted by Gasteiger charge is 2.28. The Morgan fingerprint density at radius 2 is 2.28 bits per heavy atom. The predicted molar refractivity (Wildman–Crippen MR) is 70.7 cm³/mol. The highest BCUT2D eigenvalue weighted by atomic mass is 32.2. The van der Waals surface area contributed by atoms with Crippen LogP contribution in [0.2, 0.25) is 0 Å². The van der Waals surface area contributed by atoms with Crippen LogP contribution in [0, 0.1) is 5.41 Å². The lowest BCUT2D eigenvalue weighted by Gasteiger charge is -2.34. The van der Waals surface area contributed by atoms with Gasteiger partial charge in [0.25, 0.3) is 0 Å². The molecular weight excluding hydrogens is 252 g/mol. The lowest BCUT2D eigenvalue weighted by Crippen LogP contribution is -2.47. The number of nitrogens with two attached hydrogens (primary N) is 1. The van der Waals surface area contributed by atoms with Crippen molar-refractivity contribution in [2.45, 2.75) is 13.0 Å². The van der Waals surface area contributed by atoms with Gasteiger partial charge in [-0.1, -0.05) is 0 Å². The molecule has 0 aromatic carbocycles. The zero-order valence-electron chi connectivity index (χ0n) is 10.1. The fraction of sp³-hybridized carbons (Fsp3) is 0.455. The van der Waals surface area contributed by atoms with Crippen LogP contribution >= 0.6 is 0 Å². The Labute approximate surface area is 106 Å². The first-order chi connectivity index (χ1) is 8.39. The molecule has 2 heterocycles. The summed E-state index contributed by atoms with van der Waals surface area (Å²) < 4.78 is 23.0. The Balaban J connectivity index is 2.20. The topological polar surface area (TPSA) is 100 Å². The number of pyridine rings is 1. The van der Waals surface area contributed by atoms with Crippen LogP contribution in [0.3, 0.4) is 0 Å². The van der Waals surface area contributed by atoms with Crippen molar-refractivity contribution in [1.82, 2.24) is 4.98 Å². The van der Waals surface area contributed by atoms with Gasteiger partial charge in [0.05, 0.1) is 11.5 Å². The zero-order chi connectivity index (χ0) is 13.3. The van der Waals surface area contributed by atoms with Crippen LogP contribution in [0.25, 0.3) is 0 Å². The first-order valence-corrected chi connectivity index (χ1v) is 7.49. The zero-order valence-corrected chi connectivity index (χ0v) is 10.9. The molecule has 2 rings (SSSR count). The van der Waals surface area contributed by atoms with Gasteiger partial charge in [-0.3, -0.25) is 5.41 Å². The summed E-state index contributed by atoms with van der Waals surface area (Å²) in [5.41, 5.74) is 5.92. The van der Waals surface area contributed by atoms with E-state index in [1.165, 1.54) is 6.20 Å². The van der Waals surface area contributed by atoms with Crippen molar-refractivity contribution in [3.63, 3.8) is 0 Å². The fourth-order valence-corrected chi connectivity index (χ4v) is 3.61. The molecule has 1 saturated heterocycles. The molecule has 1 unspecified atom stereocenters. The van der Waals surface area contributed by atoms with Crippen molar-refractivity contribution in [3.05, 3.63) is 23.9 Å². The normalized spacial score (nSPS) is 22.7. The maximum atomic E-state index is 11.5. The Bertz CT molecular complexity index is 553. The van der Waals surface area contributed by atoms with Crippen molar-refractivity contribution in [2.75, 3.05) is 23.0 Å². The van der Waals surface area contributed by atoms with Gasteiger partial charge in [-0.15, -0.1) is 0 Å². The Morgan fingerprint density at radius 1 is 1.56 bits per heavy atom. The van der Waals surface area contributed by atoms with Crippen molar-refractivity contribution in [1.29, 1.82) is 5.41 Å². The van der Waals surface area contributed by atoms with Crippen molar-refractivity contribution < 1.29 is 8.42 Å². The molecule has 1 aliphatic rings. The van der Waals surface area contributed by atoms with E-state index < -0.39 is 9.84 Å². The van der Waals surface area contributed by atoms with Crippen LogP contribution in [0.4, 0.5) is 5.82 Å². The lowest BCUT2D eigenvalue weighted by atomic mass is 10.2. The standard InChI is InChI=1S/C11H16N4O2S/c1-8-7-18(16,17)5-4-15(8)10-3-2-9(6-14-10)11(12)13/h2-3,6,8H,4-5,7H2,1H3,(H3,12,13). The summed E-state index contributed by atoms with van der Waals surface area (Å²) in [6.07, 6.45) is 1.54. The Morgan fingerprint density at radius 3 is 2.78 bits per heavy atom. The molecule has 0 spiro atoms. The van der Waals surface area contributed by atoms with Gasteiger partial charge in [0.1, 0.15) is 11.7 Å². The first kappa shape index (κ1) is 12.8. The summed E-state index contributed by atoms with van der Waals surface area (Å²) in [7, 11) is -2.92. The molecule has 0 aliphatic carbocycles. The molecule has 1 atom stereocenters. The number of hydrogen-bond donors (Lipinski definition) is 2. The number of hydrogen-bond acceptors (Lipinski definition) is 5. The minimum Gasteiger partial charge on any atom is -0.384 e. The minimum atomic E-state index is -2.92. The van der Waals surface area contributed by atoms with Gasteiger partial charge >= 0.3 is 0 Å². The highest BCUT2D eigenvalue weighted by molar-refractivity contribution is 7.91. The molecular formula is C11H16N4O2S. The Hall–Kier alpha value is -1.63. The van der Waals surface area contributed by atoms with Crippen LogP contribution in [-0.2, 0) is 9.84 Å². The molecule has 0 amide bonds. The average molecular weight is 268 g/mol. The summed E-state index contributed by atoms with van der Waals surface area (Å²) >= 11 is 0.